The van der Waals surface area contributed by atoms with Crippen molar-refractivity contribution in [1.29, 1.82) is 0 Å². The summed E-state index contributed by atoms with van der Waals surface area (Å²) in [6.45, 7) is 2.90. The molecule has 2 aromatic carbocycles. The minimum atomic E-state index is -0.310. The van der Waals surface area contributed by atoms with Gasteiger partial charge in [-0.15, -0.1) is 0 Å². The molecule has 1 amide bonds. The number of carbonyl (C=O) groups excluding carboxylic acids is 1. The molecule has 0 saturated carbocycles. The van der Waals surface area contributed by atoms with E-state index in [0.717, 1.165) is 11.1 Å². The Bertz CT molecular complexity index is 1230. The van der Waals surface area contributed by atoms with Gasteiger partial charge < -0.3 is 14.8 Å². The van der Waals surface area contributed by atoms with Crippen LogP contribution < -0.4 is 14.8 Å². The van der Waals surface area contributed by atoms with Gasteiger partial charge in [-0.3, -0.25) is 14.6 Å². The van der Waals surface area contributed by atoms with Crippen molar-refractivity contribution < 1.29 is 14.3 Å². The van der Waals surface area contributed by atoms with Crippen LogP contribution in [0, 0.1) is 6.92 Å². The maximum absolute atomic E-state index is 12.6. The molecule has 3 heterocycles. The van der Waals surface area contributed by atoms with Gasteiger partial charge in [-0.1, -0.05) is 29.8 Å². The fourth-order valence-corrected chi connectivity index (χ4v) is 3.34. The molecule has 5 rings (SSSR count). The number of H-pyrrole nitrogens is 1. The molecule has 0 bridgehead atoms. The highest BCUT2D eigenvalue weighted by molar-refractivity contribution is 6.02. The van der Waals surface area contributed by atoms with E-state index in [0.29, 0.717) is 35.2 Å². The van der Waals surface area contributed by atoms with E-state index in [9.17, 15) is 4.79 Å². The number of amides is 1. The summed E-state index contributed by atoms with van der Waals surface area (Å²) in [4.78, 5) is 12.6. The Kier molecular flexibility index (Phi) is 4.44. The van der Waals surface area contributed by atoms with Gasteiger partial charge in [0.1, 0.15) is 5.69 Å². The summed E-state index contributed by atoms with van der Waals surface area (Å²) in [5.41, 5.74) is 4.17. The normalized spacial score (nSPS) is 12.2. The molecule has 150 valence electrons. The Hall–Kier alpha value is -4.07. The average Bonchev–Trinajstić information content (AvgIpc) is 3.48. The van der Waals surface area contributed by atoms with Crippen LogP contribution in [0.3, 0.4) is 0 Å². The molecular formula is C22H19N5O3. The highest BCUT2D eigenvalue weighted by Gasteiger charge is 2.17. The van der Waals surface area contributed by atoms with Crippen molar-refractivity contribution in [2.24, 2.45) is 0 Å². The molecule has 1 aliphatic heterocycles. The van der Waals surface area contributed by atoms with Gasteiger partial charge in [-0.05, 0) is 36.8 Å². The van der Waals surface area contributed by atoms with E-state index in [-0.39, 0.29) is 12.7 Å². The van der Waals surface area contributed by atoms with Crippen molar-refractivity contribution in [2.75, 3.05) is 12.1 Å². The molecule has 2 N–H and O–H groups in total. The summed E-state index contributed by atoms with van der Waals surface area (Å²) in [6.07, 6.45) is 1.84. The molecule has 30 heavy (non-hydrogen) atoms. The van der Waals surface area contributed by atoms with Crippen molar-refractivity contribution in [2.45, 2.75) is 13.5 Å². The molecule has 0 atom stereocenters. The number of hydrogen-bond acceptors (Lipinski definition) is 5. The molecule has 0 unspecified atom stereocenters. The summed E-state index contributed by atoms with van der Waals surface area (Å²) in [7, 11) is 0. The summed E-state index contributed by atoms with van der Waals surface area (Å²) in [5, 5.41) is 14.2. The molecule has 0 saturated heterocycles. The number of nitrogens with one attached hydrogen (secondary N) is 2. The Morgan fingerprint density at radius 3 is 2.93 bits per heavy atom. The molecular weight excluding hydrogens is 382 g/mol. The number of hydrogen-bond donors (Lipinski definition) is 2. The first-order valence-corrected chi connectivity index (χ1v) is 9.50. The van der Waals surface area contributed by atoms with Crippen molar-refractivity contribution >= 4 is 11.7 Å². The zero-order valence-corrected chi connectivity index (χ0v) is 16.3. The largest absolute Gasteiger partial charge is 0.454 e. The smallest absolute Gasteiger partial charge is 0.274 e. The molecule has 0 radical (unpaired) electrons. The summed E-state index contributed by atoms with van der Waals surface area (Å²) in [6, 6.07) is 17.2. The number of nitrogens with zero attached hydrogens (tertiary/aromatic N) is 3. The average molecular weight is 401 g/mol. The van der Waals surface area contributed by atoms with Crippen molar-refractivity contribution in [1.82, 2.24) is 20.0 Å². The predicted octanol–water partition coefficient (Wildman–Crippen LogP) is 3.61. The van der Waals surface area contributed by atoms with E-state index < -0.39 is 0 Å². The highest BCUT2D eigenvalue weighted by atomic mass is 16.7. The quantitative estimate of drug-likeness (QED) is 0.533. The molecule has 0 spiro atoms. The molecule has 0 fully saturated rings. The first-order chi connectivity index (χ1) is 14.6. The lowest BCUT2D eigenvalue weighted by molar-refractivity contribution is 0.102. The Labute approximate surface area is 172 Å². The predicted molar refractivity (Wildman–Crippen MR) is 111 cm³/mol. The van der Waals surface area contributed by atoms with Gasteiger partial charge in [-0.25, -0.2) is 0 Å². The van der Waals surface area contributed by atoms with Crippen LogP contribution >= 0.6 is 0 Å². The monoisotopic (exact) mass is 401 g/mol. The van der Waals surface area contributed by atoms with E-state index in [1.807, 2.05) is 30.5 Å². The lowest BCUT2D eigenvalue weighted by Crippen LogP contribution is -2.13. The van der Waals surface area contributed by atoms with E-state index in [1.54, 1.807) is 16.8 Å². The Morgan fingerprint density at radius 2 is 2.03 bits per heavy atom. The Morgan fingerprint density at radius 1 is 1.13 bits per heavy atom. The number of aromatic amines is 1. The molecule has 2 aromatic heterocycles. The van der Waals surface area contributed by atoms with E-state index in [1.165, 1.54) is 5.56 Å². The molecule has 0 aliphatic carbocycles. The van der Waals surface area contributed by atoms with Gasteiger partial charge in [0.25, 0.3) is 5.91 Å². The van der Waals surface area contributed by atoms with Crippen LogP contribution in [0.2, 0.25) is 0 Å². The number of anilines is 1. The summed E-state index contributed by atoms with van der Waals surface area (Å²) in [5.74, 6) is 1.54. The Balaban J connectivity index is 1.27. The van der Waals surface area contributed by atoms with Crippen LogP contribution in [-0.2, 0) is 6.54 Å². The van der Waals surface area contributed by atoms with Crippen molar-refractivity contribution in [3.63, 3.8) is 0 Å². The van der Waals surface area contributed by atoms with Crippen LogP contribution in [-0.4, -0.2) is 32.7 Å². The standard InChI is InChI=1S/C22H19N5O3/c1-14-3-2-4-15(9-14)12-27-8-7-21(26-27)23-22(28)18-11-17(24-25-18)16-5-6-19-20(10-16)30-13-29-19/h2-11H,12-13H2,1H3,(H,24,25)(H,23,26,28). The number of fused-ring (bicyclic) bond motifs is 1. The third-order valence-corrected chi connectivity index (χ3v) is 4.80. The topological polar surface area (TPSA) is 94.1 Å². The molecule has 4 aromatic rings. The van der Waals surface area contributed by atoms with E-state index in [2.05, 4.69) is 45.7 Å². The summed E-state index contributed by atoms with van der Waals surface area (Å²) >= 11 is 0. The third-order valence-electron chi connectivity index (χ3n) is 4.80. The first kappa shape index (κ1) is 18.0. The molecule has 8 heteroatoms. The maximum Gasteiger partial charge on any atom is 0.274 e. The number of aromatic nitrogens is 4. The van der Waals surface area contributed by atoms with Crippen LogP contribution in [0.25, 0.3) is 11.3 Å². The van der Waals surface area contributed by atoms with Gasteiger partial charge >= 0.3 is 0 Å². The summed E-state index contributed by atoms with van der Waals surface area (Å²) < 4.78 is 12.5. The van der Waals surface area contributed by atoms with E-state index >= 15 is 0 Å². The fraction of sp³-hybridized carbons (Fsp3) is 0.136. The van der Waals surface area contributed by atoms with Crippen LogP contribution in [0.15, 0.2) is 60.8 Å². The van der Waals surface area contributed by atoms with Gasteiger partial charge in [0.15, 0.2) is 17.3 Å². The number of aryl methyl sites for hydroxylation is 1. The lowest BCUT2D eigenvalue weighted by Gasteiger charge is -2.03. The van der Waals surface area contributed by atoms with Gasteiger partial charge in [0.05, 0.1) is 12.2 Å². The van der Waals surface area contributed by atoms with E-state index in [4.69, 9.17) is 9.47 Å². The second-order valence-electron chi connectivity index (χ2n) is 7.08. The fourth-order valence-electron chi connectivity index (χ4n) is 3.34. The SMILES string of the molecule is Cc1cccc(Cn2ccc(NC(=O)c3cc(-c4ccc5c(c4)OCO5)n[nH]3)n2)c1. The van der Waals surface area contributed by atoms with Gasteiger partial charge in [0, 0.05) is 17.8 Å². The molecule has 1 aliphatic rings. The second-order valence-corrected chi connectivity index (χ2v) is 7.08. The first-order valence-electron chi connectivity index (χ1n) is 9.50. The minimum absolute atomic E-state index is 0.212. The van der Waals surface area contributed by atoms with Crippen molar-refractivity contribution in [3.05, 3.63) is 77.6 Å². The van der Waals surface area contributed by atoms with Crippen LogP contribution in [0.5, 0.6) is 11.5 Å². The highest BCUT2D eigenvalue weighted by Crippen LogP contribution is 2.35. The molecule has 8 nitrogen and oxygen atoms in total. The number of rotatable bonds is 5. The van der Waals surface area contributed by atoms with Crippen LogP contribution in [0.1, 0.15) is 21.6 Å². The zero-order valence-electron chi connectivity index (χ0n) is 16.3. The van der Waals surface area contributed by atoms with Crippen LogP contribution in [0.4, 0.5) is 5.82 Å². The van der Waals surface area contributed by atoms with Crippen molar-refractivity contribution in [3.8, 4) is 22.8 Å². The zero-order chi connectivity index (χ0) is 20.5. The van der Waals surface area contributed by atoms with Gasteiger partial charge in [0.2, 0.25) is 6.79 Å². The third kappa shape index (κ3) is 3.62. The lowest BCUT2D eigenvalue weighted by atomic mass is 10.1. The second kappa shape index (κ2) is 7.40. The van der Waals surface area contributed by atoms with Gasteiger partial charge in [-0.2, -0.15) is 10.2 Å². The maximum atomic E-state index is 12.6. The minimum Gasteiger partial charge on any atom is -0.454 e. The number of benzene rings is 2. The number of ether oxygens (including phenoxy) is 2. The number of carbonyl (C=O) groups is 1.